The summed E-state index contributed by atoms with van der Waals surface area (Å²) in [6.45, 7) is 2.13. The Hall–Kier alpha value is -3.27. The van der Waals surface area contributed by atoms with Gasteiger partial charge in [0, 0.05) is 30.6 Å². The SMILES string of the molecule is COc1c(CCC(=O)CCC2=CCC(C)=C2)cccc1C1CC(c2ccc(F)cc2)=CC1C(=O)C1CCCCC1. The highest BCUT2D eigenvalue weighted by atomic mass is 19.1. The van der Waals surface area contributed by atoms with Crippen LogP contribution in [0.3, 0.4) is 0 Å². The molecule has 0 heterocycles. The first-order chi connectivity index (χ1) is 19.4. The average Bonchev–Trinajstić information content (AvgIpc) is 3.61. The lowest BCUT2D eigenvalue weighted by molar-refractivity contribution is -0.126. The summed E-state index contributed by atoms with van der Waals surface area (Å²) < 4.78 is 19.7. The molecule has 3 aliphatic carbocycles. The molecule has 0 aliphatic heterocycles. The Kier molecular flexibility index (Phi) is 9.14. The van der Waals surface area contributed by atoms with Gasteiger partial charge in [0.2, 0.25) is 0 Å². The molecular weight excluding hydrogens is 499 g/mol. The van der Waals surface area contributed by atoms with Gasteiger partial charge in [-0.2, -0.15) is 0 Å². The Morgan fingerprint density at radius 3 is 2.42 bits per heavy atom. The quantitative estimate of drug-likeness (QED) is 0.286. The number of allylic oxidation sites excluding steroid dienone is 6. The van der Waals surface area contributed by atoms with E-state index in [1.54, 1.807) is 7.11 Å². The summed E-state index contributed by atoms with van der Waals surface area (Å²) in [7, 11) is 1.69. The predicted octanol–water partition coefficient (Wildman–Crippen LogP) is 8.73. The zero-order valence-electron chi connectivity index (χ0n) is 23.9. The number of Topliss-reactive ketones (excluding diaryl/α,β-unsaturated/α-hetero) is 2. The summed E-state index contributed by atoms with van der Waals surface area (Å²) >= 11 is 0. The first-order valence-electron chi connectivity index (χ1n) is 15.0. The molecule has 1 fully saturated rings. The van der Waals surface area contributed by atoms with Crippen LogP contribution in [0.1, 0.15) is 93.7 Å². The lowest BCUT2D eigenvalue weighted by atomic mass is 9.76. The topological polar surface area (TPSA) is 43.4 Å². The van der Waals surface area contributed by atoms with E-state index in [9.17, 15) is 14.0 Å². The second-order valence-corrected chi connectivity index (χ2v) is 11.8. The van der Waals surface area contributed by atoms with Gasteiger partial charge in [-0.25, -0.2) is 4.39 Å². The van der Waals surface area contributed by atoms with Crippen LogP contribution in [0.2, 0.25) is 0 Å². The number of rotatable bonds is 11. The minimum absolute atomic E-state index is 0.0376. The van der Waals surface area contributed by atoms with E-state index in [0.717, 1.165) is 66.5 Å². The lowest BCUT2D eigenvalue weighted by Gasteiger charge is -2.27. The fraction of sp³-hybridized carbons (Fsp3) is 0.444. The molecule has 40 heavy (non-hydrogen) atoms. The third kappa shape index (κ3) is 6.54. The zero-order chi connectivity index (χ0) is 28.1. The number of hydrogen-bond donors (Lipinski definition) is 0. The molecule has 210 valence electrons. The number of aryl methyl sites for hydroxylation is 1. The van der Waals surface area contributed by atoms with Crippen molar-refractivity contribution in [1.82, 2.24) is 0 Å². The van der Waals surface area contributed by atoms with E-state index in [2.05, 4.69) is 31.2 Å². The van der Waals surface area contributed by atoms with Gasteiger partial charge in [-0.3, -0.25) is 9.59 Å². The van der Waals surface area contributed by atoms with Gasteiger partial charge in [-0.15, -0.1) is 0 Å². The number of halogens is 1. The van der Waals surface area contributed by atoms with Gasteiger partial charge in [-0.1, -0.05) is 79.0 Å². The molecule has 3 aliphatic rings. The summed E-state index contributed by atoms with van der Waals surface area (Å²) in [5.74, 6) is 0.963. The third-order valence-electron chi connectivity index (χ3n) is 9.02. The Bertz CT molecular complexity index is 1320. The Morgan fingerprint density at radius 2 is 1.73 bits per heavy atom. The van der Waals surface area contributed by atoms with Crippen LogP contribution in [0.25, 0.3) is 5.57 Å². The van der Waals surface area contributed by atoms with Crippen LogP contribution in [-0.4, -0.2) is 18.7 Å². The fourth-order valence-electron chi connectivity index (χ4n) is 6.81. The van der Waals surface area contributed by atoms with Crippen LogP contribution in [0.4, 0.5) is 4.39 Å². The van der Waals surface area contributed by atoms with E-state index in [1.807, 2.05) is 24.3 Å². The van der Waals surface area contributed by atoms with E-state index in [4.69, 9.17) is 4.74 Å². The van der Waals surface area contributed by atoms with E-state index < -0.39 is 0 Å². The molecule has 0 radical (unpaired) electrons. The van der Waals surface area contributed by atoms with Crippen LogP contribution < -0.4 is 4.74 Å². The molecule has 0 amide bonds. The highest BCUT2D eigenvalue weighted by Gasteiger charge is 2.39. The van der Waals surface area contributed by atoms with Gasteiger partial charge >= 0.3 is 0 Å². The minimum atomic E-state index is -0.260. The van der Waals surface area contributed by atoms with Gasteiger partial charge in [-0.05, 0) is 79.8 Å². The summed E-state index contributed by atoms with van der Waals surface area (Å²) in [6.07, 6.45) is 16.1. The van der Waals surface area contributed by atoms with E-state index in [1.165, 1.54) is 29.7 Å². The second-order valence-electron chi connectivity index (χ2n) is 11.8. The Morgan fingerprint density at radius 1 is 0.975 bits per heavy atom. The minimum Gasteiger partial charge on any atom is -0.496 e. The van der Waals surface area contributed by atoms with Crippen LogP contribution in [0, 0.1) is 17.7 Å². The van der Waals surface area contributed by atoms with Crippen LogP contribution in [0.5, 0.6) is 5.75 Å². The number of para-hydroxylation sites is 1. The van der Waals surface area contributed by atoms with Crippen molar-refractivity contribution >= 4 is 17.1 Å². The van der Waals surface area contributed by atoms with Gasteiger partial charge in [0.05, 0.1) is 7.11 Å². The molecule has 1 saturated carbocycles. The molecule has 0 bridgehead atoms. The maximum atomic E-state index is 13.9. The molecule has 0 N–H and O–H groups in total. The summed E-state index contributed by atoms with van der Waals surface area (Å²) in [4.78, 5) is 26.7. The van der Waals surface area contributed by atoms with Crippen molar-refractivity contribution in [1.29, 1.82) is 0 Å². The van der Waals surface area contributed by atoms with Crippen molar-refractivity contribution in [2.45, 2.75) is 83.5 Å². The van der Waals surface area contributed by atoms with E-state index in [0.29, 0.717) is 31.5 Å². The maximum Gasteiger partial charge on any atom is 0.143 e. The Labute approximate surface area is 238 Å². The highest BCUT2D eigenvalue weighted by Crippen LogP contribution is 2.48. The summed E-state index contributed by atoms with van der Waals surface area (Å²) in [5.41, 5.74) is 6.73. The molecule has 4 heteroatoms. The van der Waals surface area contributed by atoms with Gasteiger partial charge in [0.25, 0.3) is 0 Å². The highest BCUT2D eigenvalue weighted by molar-refractivity contribution is 5.90. The summed E-state index contributed by atoms with van der Waals surface area (Å²) in [5, 5.41) is 0. The van der Waals surface area contributed by atoms with Crippen LogP contribution in [-0.2, 0) is 16.0 Å². The largest absolute Gasteiger partial charge is 0.496 e. The van der Waals surface area contributed by atoms with E-state index >= 15 is 0 Å². The number of methoxy groups -OCH3 is 1. The molecular formula is C36H41FO3. The molecule has 2 atom stereocenters. The summed E-state index contributed by atoms with van der Waals surface area (Å²) in [6, 6.07) is 12.8. The standard InChI is InChI=1S/C36H41FO3/c1-24-11-12-25(21-24)13-19-31(38)20-16-28-9-6-10-32(36(28)40-2)33-22-29(26-14-17-30(37)18-15-26)23-34(33)35(39)27-7-4-3-5-8-27/h6,9-10,12,14-15,17-18,21,23,27,33-34H,3-5,7-8,11,13,16,19-20,22H2,1-2H3. The number of ketones is 2. The first-order valence-corrected chi connectivity index (χ1v) is 15.0. The van der Waals surface area contributed by atoms with Crippen molar-refractivity contribution in [3.05, 3.63) is 94.3 Å². The molecule has 0 saturated heterocycles. The molecule has 2 unspecified atom stereocenters. The second kappa shape index (κ2) is 12.9. The fourth-order valence-corrected chi connectivity index (χ4v) is 6.81. The number of carbonyl (C=O) groups excluding carboxylic acids is 2. The average molecular weight is 541 g/mol. The number of carbonyl (C=O) groups is 2. The lowest BCUT2D eigenvalue weighted by Crippen LogP contribution is -2.27. The molecule has 2 aromatic rings. The van der Waals surface area contributed by atoms with Crippen molar-refractivity contribution in [2.75, 3.05) is 7.11 Å². The van der Waals surface area contributed by atoms with Crippen molar-refractivity contribution in [2.24, 2.45) is 11.8 Å². The number of ether oxygens (including phenoxy) is 1. The van der Waals surface area contributed by atoms with Crippen molar-refractivity contribution in [3.8, 4) is 5.75 Å². The first kappa shape index (κ1) is 28.3. The van der Waals surface area contributed by atoms with Gasteiger partial charge < -0.3 is 4.74 Å². The van der Waals surface area contributed by atoms with Crippen molar-refractivity contribution in [3.63, 3.8) is 0 Å². The third-order valence-corrected chi connectivity index (χ3v) is 9.02. The molecule has 5 rings (SSSR count). The maximum absolute atomic E-state index is 13.9. The number of hydrogen-bond acceptors (Lipinski definition) is 3. The number of benzene rings is 2. The van der Waals surface area contributed by atoms with Crippen LogP contribution in [0.15, 0.2) is 71.8 Å². The smallest absolute Gasteiger partial charge is 0.143 e. The molecule has 3 nitrogen and oxygen atoms in total. The predicted molar refractivity (Wildman–Crippen MR) is 159 cm³/mol. The van der Waals surface area contributed by atoms with Gasteiger partial charge in [0.1, 0.15) is 23.1 Å². The van der Waals surface area contributed by atoms with Crippen molar-refractivity contribution < 1.29 is 18.7 Å². The Balaban J connectivity index is 1.36. The molecule has 2 aromatic carbocycles. The van der Waals surface area contributed by atoms with E-state index in [-0.39, 0.29) is 29.4 Å². The monoisotopic (exact) mass is 540 g/mol. The molecule has 0 aromatic heterocycles. The van der Waals surface area contributed by atoms with Gasteiger partial charge in [0.15, 0.2) is 0 Å². The zero-order valence-corrected chi connectivity index (χ0v) is 23.9. The van der Waals surface area contributed by atoms with Crippen LogP contribution >= 0.6 is 0 Å². The normalized spacial score (nSPS) is 21.1. The molecule has 0 spiro atoms.